The predicted molar refractivity (Wildman–Crippen MR) is 76.5 cm³/mol. The van der Waals surface area contributed by atoms with Gasteiger partial charge in [0.25, 0.3) is 0 Å². The summed E-state index contributed by atoms with van der Waals surface area (Å²) >= 11 is 0. The van der Waals surface area contributed by atoms with Crippen molar-refractivity contribution in [2.24, 2.45) is 0 Å². The van der Waals surface area contributed by atoms with Crippen molar-refractivity contribution in [2.45, 2.75) is 13.5 Å². The Hall–Kier alpha value is -2.96. The average Bonchev–Trinajstić information content (AvgIpc) is 2.48. The van der Waals surface area contributed by atoms with E-state index in [1.165, 1.54) is 10.6 Å². The minimum Gasteiger partial charge on any atom is -0.474 e. The van der Waals surface area contributed by atoms with E-state index >= 15 is 0 Å². The predicted octanol–water partition coefficient (Wildman–Crippen LogP) is 2.13. The SMILES string of the molecule is CCn1cc(C(=O)OB(F)F)c(=O)c2cc(F)c(NC#N)cc21. The summed E-state index contributed by atoms with van der Waals surface area (Å²) < 4.78 is 43.3. The Bertz CT molecular complexity index is 877. The van der Waals surface area contributed by atoms with E-state index < -0.39 is 30.2 Å². The minimum atomic E-state index is -3.37. The number of hydrogen-bond donors (Lipinski definition) is 1. The molecule has 0 fully saturated rings. The summed E-state index contributed by atoms with van der Waals surface area (Å²) in [5.41, 5.74) is -1.47. The van der Waals surface area contributed by atoms with Gasteiger partial charge in [-0.25, -0.2) is 17.8 Å². The largest absolute Gasteiger partial charge is 0.798 e. The van der Waals surface area contributed by atoms with Crippen molar-refractivity contribution in [3.8, 4) is 6.19 Å². The van der Waals surface area contributed by atoms with Crippen molar-refractivity contribution in [3.63, 3.8) is 0 Å². The molecule has 23 heavy (non-hydrogen) atoms. The van der Waals surface area contributed by atoms with Gasteiger partial charge in [0, 0.05) is 18.1 Å². The van der Waals surface area contributed by atoms with Gasteiger partial charge in [-0.2, -0.15) is 5.26 Å². The highest BCUT2D eigenvalue weighted by atomic mass is 19.2. The molecule has 118 valence electrons. The smallest absolute Gasteiger partial charge is 0.474 e. The number of nitrogens with zero attached hydrogens (tertiary/aromatic N) is 2. The molecule has 1 heterocycles. The standard InChI is InChI=1S/C13H9BF3N3O3/c1-2-20-5-8(13(22)23-14(16)17)12(21)7-3-9(15)10(19-6-18)4-11(7)20/h3-5,19H,2H2,1H3. The van der Waals surface area contributed by atoms with Gasteiger partial charge in [0.05, 0.1) is 11.2 Å². The molecule has 0 aliphatic rings. The third kappa shape index (κ3) is 3.13. The van der Waals surface area contributed by atoms with E-state index in [-0.39, 0.29) is 23.1 Å². The molecule has 0 atom stereocenters. The summed E-state index contributed by atoms with van der Waals surface area (Å²) in [6, 6.07) is 2.06. The van der Waals surface area contributed by atoms with E-state index in [0.717, 1.165) is 12.3 Å². The Morgan fingerprint density at radius 3 is 2.74 bits per heavy atom. The molecule has 0 amide bonds. The molecule has 0 unspecified atom stereocenters. The number of aromatic nitrogens is 1. The summed E-state index contributed by atoms with van der Waals surface area (Å²) in [5.74, 6) is -2.38. The Kier molecular flexibility index (Phi) is 4.59. The van der Waals surface area contributed by atoms with Gasteiger partial charge in [0.15, 0.2) is 6.19 Å². The maximum Gasteiger partial charge on any atom is 0.798 e. The first kappa shape index (κ1) is 16.4. The third-order valence-corrected chi connectivity index (χ3v) is 3.12. The topological polar surface area (TPSA) is 84.1 Å². The van der Waals surface area contributed by atoms with E-state index in [0.29, 0.717) is 0 Å². The molecular weight excluding hydrogens is 314 g/mol. The first-order chi connectivity index (χ1) is 10.9. The van der Waals surface area contributed by atoms with Crippen LogP contribution in [0.25, 0.3) is 10.9 Å². The molecule has 0 saturated carbocycles. The van der Waals surface area contributed by atoms with Crippen molar-refractivity contribution >= 4 is 30.0 Å². The number of nitriles is 1. The maximum absolute atomic E-state index is 13.9. The Labute approximate surface area is 128 Å². The quantitative estimate of drug-likeness (QED) is 0.529. The van der Waals surface area contributed by atoms with Gasteiger partial charge >= 0.3 is 13.4 Å². The van der Waals surface area contributed by atoms with Crippen LogP contribution in [0.5, 0.6) is 0 Å². The van der Waals surface area contributed by atoms with Gasteiger partial charge in [-0.05, 0) is 19.1 Å². The summed E-state index contributed by atoms with van der Waals surface area (Å²) in [4.78, 5) is 23.8. The van der Waals surface area contributed by atoms with Crippen LogP contribution < -0.4 is 10.7 Å². The van der Waals surface area contributed by atoms with Crippen LogP contribution in [0.1, 0.15) is 17.3 Å². The lowest BCUT2D eigenvalue weighted by molar-refractivity contribution is 0.0693. The highest BCUT2D eigenvalue weighted by Crippen LogP contribution is 2.22. The van der Waals surface area contributed by atoms with Gasteiger partial charge in [0.2, 0.25) is 5.43 Å². The number of benzene rings is 1. The Morgan fingerprint density at radius 1 is 1.48 bits per heavy atom. The molecule has 2 rings (SSSR count). The third-order valence-electron chi connectivity index (χ3n) is 3.12. The molecule has 1 aromatic carbocycles. The van der Waals surface area contributed by atoms with Crippen LogP contribution in [0.2, 0.25) is 0 Å². The molecule has 0 radical (unpaired) electrons. The highest BCUT2D eigenvalue weighted by Gasteiger charge is 2.25. The van der Waals surface area contributed by atoms with Crippen molar-refractivity contribution in [3.05, 3.63) is 39.9 Å². The first-order valence-corrected chi connectivity index (χ1v) is 6.40. The lowest BCUT2D eigenvalue weighted by Gasteiger charge is -2.12. The van der Waals surface area contributed by atoms with Crippen LogP contribution in [-0.4, -0.2) is 18.0 Å². The van der Waals surface area contributed by atoms with Crippen molar-refractivity contribution < 1.29 is 22.5 Å². The average molecular weight is 323 g/mol. The van der Waals surface area contributed by atoms with E-state index in [4.69, 9.17) is 5.26 Å². The number of halogens is 3. The minimum absolute atomic E-state index is 0.149. The normalized spacial score (nSPS) is 10.2. The van der Waals surface area contributed by atoms with Crippen LogP contribution in [-0.2, 0) is 11.2 Å². The molecule has 2 aromatic rings. The number of carbonyl (C=O) groups excluding carboxylic acids is 1. The van der Waals surface area contributed by atoms with Crippen LogP contribution in [0.15, 0.2) is 23.1 Å². The Morgan fingerprint density at radius 2 is 2.17 bits per heavy atom. The van der Waals surface area contributed by atoms with Crippen molar-refractivity contribution in [1.82, 2.24) is 4.57 Å². The lowest BCUT2D eigenvalue weighted by Crippen LogP contribution is -2.23. The van der Waals surface area contributed by atoms with Crippen LogP contribution in [0.3, 0.4) is 0 Å². The van der Waals surface area contributed by atoms with E-state index in [2.05, 4.69) is 9.97 Å². The molecule has 6 nitrogen and oxygen atoms in total. The van der Waals surface area contributed by atoms with Crippen LogP contribution in [0, 0.1) is 17.3 Å². The number of anilines is 1. The second-order valence-corrected chi connectivity index (χ2v) is 4.41. The summed E-state index contributed by atoms with van der Waals surface area (Å²) in [5, 5.41) is 10.5. The van der Waals surface area contributed by atoms with Gasteiger partial charge in [-0.1, -0.05) is 0 Å². The fraction of sp³-hybridized carbons (Fsp3) is 0.154. The molecule has 1 N–H and O–H groups in total. The fourth-order valence-corrected chi connectivity index (χ4v) is 2.12. The number of nitrogens with one attached hydrogen (secondary N) is 1. The van der Waals surface area contributed by atoms with Crippen LogP contribution in [0.4, 0.5) is 18.7 Å². The number of aryl methyl sites for hydroxylation is 1. The molecule has 10 heteroatoms. The monoisotopic (exact) mass is 323 g/mol. The summed E-state index contributed by atoms with van der Waals surface area (Å²) in [6.07, 6.45) is 2.62. The van der Waals surface area contributed by atoms with Gasteiger partial charge in [-0.3, -0.25) is 10.1 Å². The second-order valence-electron chi connectivity index (χ2n) is 4.41. The molecule has 1 aromatic heterocycles. The Balaban J connectivity index is 2.74. The van der Waals surface area contributed by atoms with Gasteiger partial charge < -0.3 is 9.22 Å². The molecule has 0 saturated heterocycles. The van der Waals surface area contributed by atoms with Gasteiger partial charge in [-0.15, -0.1) is 0 Å². The number of carbonyl (C=O) groups is 1. The highest BCUT2D eigenvalue weighted by molar-refractivity contribution is 6.38. The van der Waals surface area contributed by atoms with Crippen LogP contribution >= 0.6 is 0 Å². The maximum atomic E-state index is 13.9. The van der Waals surface area contributed by atoms with Crippen molar-refractivity contribution in [2.75, 3.05) is 5.32 Å². The fourth-order valence-electron chi connectivity index (χ4n) is 2.12. The van der Waals surface area contributed by atoms with E-state index in [9.17, 15) is 22.6 Å². The first-order valence-electron chi connectivity index (χ1n) is 6.40. The lowest BCUT2D eigenvalue weighted by atomic mass is 10.1. The molecule has 0 bridgehead atoms. The number of fused-ring (bicyclic) bond motifs is 1. The zero-order valence-electron chi connectivity index (χ0n) is 11.8. The summed E-state index contributed by atoms with van der Waals surface area (Å²) in [6.45, 7) is 1.94. The molecule has 0 spiro atoms. The molecule has 0 aliphatic heterocycles. The van der Waals surface area contributed by atoms with E-state index in [1.807, 2.05) is 0 Å². The van der Waals surface area contributed by atoms with Gasteiger partial charge in [0.1, 0.15) is 11.4 Å². The second kappa shape index (κ2) is 6.43. The number of rotatable bonds is 4. The number of pyridine rings is 1. The molecular formula is C13H9BF3N3O3. The van der Waals surface area contributed by atoms with E-state index in [1.54, 1.807) is 13.1 Å². The molecule has 0 aliphatic carbocycles. The van der Waals surface area contributed by atoms with Crippen molar-refractivity contribution in [1.29, 1.82) is 5.26 Å². The number of hydrogen-bond acceptors (Lipinski definition) is 5. The zero-order chi connectivity index (χ0) is 17.1. The zero-order valence-corrected chi connectivity index (χ0v) is 11.8. The summed E-state index contributed by atoms with van der Waals surface area (Å²) in [7, 11) is -3.37.